The van der Waals surface area contributed by atoms with E-state index in [4.69, 9.17) is 0 Å². The maximum Gasteiger partial charge on any atom is 0.224 e. The number of benzene rings is 2. The molecule has 116 valence electrons. The summed E-state index contributed by atoms with van der Waals surface area (Å²) in [6.07, 6.45) is 0.406. The zero-order valence-corrected chi connectivity index (χ0v) is 14.6. The minimum Gasteiger partial charge on any atom is -0.352 e. The predicted octanol–water partition coefficient (Wildman–Crippen LogP) is 3.37. The maximum atomic E-state index is 12.1. The molecule has 0 heterocycles. The van der Waals surface area contributed by atoms with Crippen LogP contribution in [0, 0.1) is 0 Å². The number of hydrogen-bond donors (Lipinski definition) is 1. The fourth-order valence-electron chi connectivity index (χ4n) is 2.27. The third-order valence-electron chi connectivity index (χ3n) is 3.36. The summed E-state index contributed by atoms with van der Waals surface area (Å²) in [6, 6.07) is 16.0. The average Bonchev–Trinajstić information content (AvgIpc) is 2.48. The van der Waals surface area contributed by atoms with Crippen molar-refractivity contribution in [3.05, 3.63) is 69.7 Å². The molecule has 0 radical (unpaired) electrons. The van der Waals surface area contributed by atoms with Gasteiger partial charge in [-0.15, -0.1) is 0 Å². The summed E-state index contributed by atoms with van der Waals surface area (Å²) in [6.45, 7) is 1.44. The highest BCUT2D eigenvalue weighted by molar-refractivity contribution is 9.10. The van der Waals surface area contributed by atoms with E-state index in [-0.39, 0.29) is 5.91 Å². The number of amides is 1. The third-order valence-corrected chi connectivity index (χ3v) is 3.89. The van der Waals surface area contributed by atoms with Crippen molar-refractivity contribution in [1.29, 1.82) is 0 Å². The fraction of sp³-hybridized carbons (Fsp3) is 0.278. The Morgan fingerprint density at radius 2 is 1.68 bits per heavy atom. The van der Waals surface area contributed by atoms with E-state index in [9.17, 15) is 4.79 Å². The summed E-state index contributed by atoms with van der Waals surface area (Å²) in [5, 5.41) is 3.01. The van der Waals surface area contributed by atoms with Gasteiger partial charge in [-0.3, -0.25) is 4.79 Å². The first kappa shape index (κ1) is 16.7. The zero-order chi connectivity index (χ0) is 15.9. The summed E-state index contributed by atoms with van der Waals surface area (Å²) >= 11 is 3.40. The summed E-state index contributed by atoms with van der Waals surface area (Å²) in [5.41, 5.74) is 3.43. The van der Waals surface area contributed by atoms with E-state index in [1.807, 2.05) is 50.5 Å². The largest absolute Gasteiger partial charge is 0.352 e. The molecule has 0 aromatic heterocycles. The molecule has 0 fully saturated rings. The Hall–Kier alpha value is -1.65. The van der Waals surface area contributed by atoms with Crippen LogP contribution < -0.4 is 5.32 Å². The summed E-state index contributed by atoms with van der Waals surface area (Å²) in [5.74, 6) is 0.0435. The number of nitrogens with zero attached hydrogens (tertiary/aromatic N) is 1. The highest BCUT2D eigenvalue weighted by Gasteiger charge is 2.06. The molecule has 0 saturated heterocycles. The summed E-state index contributed by atoms with van der Waals surface area (Å²) in [4.78, 5) is 14.2. The van der Waals surface area contributed by atoms with E-state index in [1.165, 1.54) is 11.1 Å². The molecule has 3 nitrogen and oxygen atoms in total. The van der Waals surface area contributed by atoms with Crippen molar-refractivity contribution in [2.75, 3.05) is 14.1 Å². The fourth-order valence-corrected chi connectivity index (χ4v) is 2.53. The van der Waals surface area contributed by atoms with Crippen molar-refractivity contribution in [2.24, 2.45) is 0 Å². The Labute approximate surface area is 140 Å². The van der Waals surface area contributed by atoms with Crippen LogP contribution in [0.25, 0.3) is 0 Å². The van der Waals surface area contributed by atoms with Crippen LogP contribution in [-0.4, -0.2) is 24.9 Å². The lowest BCUT2D eigenvalue weighted by Crippen LogP contribution is -2.25. The lowest BCUT2D eigenvalue weighted by Gasteiger charge is -2.14. The Morgan fingerprint density at radius 1 is 1.05 bits per heavy atom. The smallest absolute Gasteiger partial charge is 0.224 e. The molecule has 1 N–H and O–H groups in total. The van der Waals surface area contributed by atoms with Gasteiger partial charge in [-0.05, 0) is 42.9 Å². The molecule has 0 aliphatic rings. The first-order valence-corrected chi connectivity index (χ1v) is 8.06. The van der Waals surface area contributed by atoms with E-state index in [1.54, 1.807) is 0 Å². The average molecular weight is 361 g/mol. The lowest BCUT2D eigenvalue weighted by molar-refractivity contribution is -0.120. The molecule has 0 aliphatic heterocycles. The third kappa shape index (κ3) is 5.28. The molecule has 4 heteroatoms. The van der Waals surface area contributed by atoms with E-state index in [0.717, 1.165) is 16.6 Å². The van der Waals surface area contributed by atoms with E-state index in [0.29, 0.717) is 13.0 Å². The van der Waals surface area contributed by atoms with Crippen LogP contribution in [0.2, 0.25) is 0 Å². The molecule has 0 unspecified atom stereocenters. The molecule has 0 bridgehead atoms. The Kier molecular flexibility index (Phi) is 6.16. The molecule has 2 rings (SSSR count). The molecule has 0 atom stereocenters. The van der Waals surface area contributed by atoms with Crippen LogP contribution >= 0.6 is 15.9 Å². The van der Waals surface area contributed by atoms with Crippen LogP contribution in [-0.2, 0) is 24.3 Å². The second kappa shape index (κ2) is 8.11. The van der Waals surface area contributed by atoms with Crippen molar-refractivity contribution in [3.8, 4) is 0 Å². The molecular formula is C18H21BrN2O. The normalized spacial score (nSPS) is 10.7. The van der Waals surface area contributed by atoms with Gasteiger partial charge in [0.15, 0.2) is 0 Å². The lowest BCUT2D eigenvalue weighted by atomic mass is 10.1. The monoisotopic (exact) mass is 360 g/mol. The summed E-state index contributed by atoms with van der Waals surface area (Å²) < 4.78 is 1.02. The SMILES string of the molecule is CN(C)Cc1ccccc1CNC(=O)Cc1ccc(Br)cc1. The number of rotatable bonds is 6. The van der Waals surface area contributed by atoms with Crippen molar-refractivity contribution in [3.63, 3.8) is 0 Å². The Morgan fingerprint density at radius 3 is 2.32 bits per heavy atom. The van der Waals surface area contributed by atoms with Crippen molar-refractivity contribution < 1.29 is 4.79 Å². The van der Waals surface area contributed by atoms with Gasteiger partial charge in [0.05, 0.1) is 6.42 Å². The van der Waals surface area contributed by atoms with Gasteiger partial charge in [-0.2, -0.15) is 0 Å². The van der Waals surface area contributed by atoms with Gasteiger partial charge in [-0.1, -0.05) is 52.3 Å². The van der Waals surface area contributed by atoms with Crippen molar-refractivity contribution >= 4 is 21.8 Å². The minimum atomic E-state index is 0.0435. The molecule has 1 amide bonds. The maximum absolute atomic E-state index is 12.1. The van der Waals surface area contributed by atoms with Crippen LogP contribution in [0.3, 0.4) is 0 Å². The molecule has 0 aliphatic carbocycles. The highest BCUT2D eigenvalue weighted by atomic mass is 79.9. The Balaban J connectivity index is 1.92. The van der Waals surface area contributed by atoms with E-state index in [2.05, 4.69) is 38.3 Å². The molecule has 22 heavy (non-hydrogen) atoms. The van der Waals surface area contributed by atoms with Gasteiger partial charge >= 0.3 is 0 Å². The van der Waals surface area contributed by atoms with Gasteiger partial charge in [-0.25, -0.2) is 0 Å². The van der Waals surface area contributed by atoms with Crippen LogP contribution in [0.5, 0.6) is 0 Å². The molecule has 0 saturated carbocycles. The van der Waals surface area contributed by atoms with Gasteiger partial charge in [0.2, 0.25) is 5.91 Å². The first-order chi connectivity index (χ1) is 10.5. The molecular weight excluding hydrogens is 340 g/mol. The van der Waals surface area contributed by atoms with Gasteiger partial charge < -0.3 is 10.2 Å². The van der Waals surface area contributed by atoms with Crippen LogP contribution in [0.1, 0.15) is 16.7 Å². The van der Waals surface area contributed by atoms with Crippen LogP contribution in [0.15, 0.2) is 53.0 Å². The minimum absolute atomic E-state index is 0.0435. The molecule has 2 aromatic rings. The number of halogens is 1. The van der Waals surface area contributed by atoms with E-state index >= 15 is 0 Å². The summed E-state index contributed by atoms with van der Waals surface area (Å²) in [7, 11) is 4.09. The van der Waals surface area contributed by atoms with Gasteiger partial charge in [0, 0.05) is 17.6 Å². The molecule has 0 spiro atoms. The van der Waals surface area contributed by atoms with Gasteiger partial charge in [0.1, 0.15) is 0 Å². The van der Waals surface area contributed by atoms with E-state index < -0.39 is 0 Å². The second-order valence-corrected chi connectivity index (χ2v) is 6.50. The standard InChI is InChI=1S/C18H21BrN2O/c1-21(2)13-16-6-4-3-5-15(16)12-20-18(22)11-14-7-9-17(19)10-8-14/h3-10H,11-13H2,1-2H3,(H,20,22). The van der Waals surface area contributed by atoms with Crippen molar-refractivity contribution in [1.82, 2.24) is 10.2 Å². The highest BCUT2D eigenvalue weighted by Crippen LogP contribution is 2.12. The predicted molar refractivity (Wildman–Crippen MR) is 93.5 cm³/mol. The number of carbonyl (C=O) groups excluding carboxylic acids is 1. The number of hydrogen-bond acceptors (Lipinski definition) is 2. The topological polar surface area (TPSA) is 32.3 Å². The van der Waals surface area contributed by atoms with Gasteiger partial charge in [0.25, 0.3) is 0 Å². The quantitative estimate of drug-likeness (QED) is 0.856. The zero-order valence-electron chi connectivity index (χ0n) is 13.0. The number of nitrogens with one attached hydrogen (secondary N) is 1. The van der Waals surface area contributed by atoms with Crippen LogP contribution in [0.4, 0.5) is 0 Å². The first-order valence-electron chi connectivity index (χ1n) is 7.27. The molecule has 2 aromatic carbocycles. The second-order valence-electron chi connectivity index (χ2n) is 5.59. The number of carbonyl (C=O) groups is 1. The Bertz CT molecular complexity index is 623. The van der Waals surface area contributed by atoms with Crippen molar-refractivity contribution in [2.45, 2.75) is 19.5 Å².